The Morgan fingerprint density at radius 3 is 2.33 bits per heavy atom. The Balaban J connectivity index is 0. The Bertz CT molecular complexity index is 443. The van der Waals surface area contributed by atoms with Gasteiger partial charge in [0.25, 0.3) is 0 Å². The fourth-order valence-electron chi connectivity index (χ4n) is 1.78. The van der Waals surface area contributed by atoms with Gasteiger partial charge < -0.3 is 9.84 Å². The summed E-state index contributed by atoms with van der Waals surface area (Å²) in [4.78, 5) is 11.1. The summed E-state index contributed by atoms with van der Waals surface area (Å²) >= 11 is 0. The van der Waals surface area contributed by atoms with Gasteiger partial charge in [0.05, 0.1) is 12.7 Å². The molecule has 1 aromatic carbocycles. The average molecular weight is 334 g/mol. The molecule has 0 aliphatic rings. The second-order valence-corrected chi connectivity index (χ2v) is 4.56. The maximum Gasteiger partial charge on any atom is 0.305 e. The largest absolute Gasteiger partial charge is 0.466 e. The predicted molar refractivity (Wildman–Crippen MR) is 102 cm³/mol. The van der Waals surface area contributed by atoms with Crippen LogP contribution < -0.4 is 0 Å². The van der Waals surface area contributed by atoms with Crippen LogP contribution in [0.5, 0.6) is 0 Å². The van der Waals surface area contributed by atoms with Gasteiger partial charge in [-0.2, -0.15) is 0 Å². The van der Waals surface area contributed by atoms with Crippen molar-refractivity contribution >= 4 is 5.97 Å². The van der Waals surface area contributed by atoms with E-state index in [0.29, 0.717) is 38.7 Å². The molecule has 3 nitrogen and oxygen atoms in total. The molecule has 1 aromatic rings. The fraction of sp³-hybridized carbons (Fsp3) is 0.571. The van der Waals surface area contributed by atoms with Gasteiger partial charge in [-0.1, -0.05) is 57.7 Å². The standard InChI is InChI=1S/C17H22O3.2C2H6/c1-2-20-17(19)14-8-13-16(18)12-7-6-11-15-9-4-3-5-10-15;2*1-2/h3-5,9-10,16,18H,2,7-8,12-14H2,1H3;2*1-2H3. The second-order valence-electron chi connectivity index (χ2n) is 4.56. The molecule has 0 saturated carbocycles. The SMILES string of the molecule is CC.CC.CCOC(=O)CCCC(O)CCC#Cc1ccccc1. The summed E-state index contributed by atoms with van der Waals surface area (Å²) in [7, 11) is 0. The van der Waals surface area contributed by atoms with Gasteiger partial charge in [-0.05, 0) is 38.3 Å². The molecule has 0 heterocycles. The number of aliphatic hydroxyl groups excluding tert-OH is 1. The highest BCUT2D eigenvalue weighted by molar-refractivity contribution is 5.69. The van der Waals surface area contributed by atoms with Crippen molar-refractivity contribution in [3.63, 3.8) is 0 Å². The summed E-state index contributed by atoms with van der Waals surface area (Å²) in [6, 6.07) is 9.78. The second kappa shape index (κ2) is 19.3. The molecule has 24 heavy (non-hydrogen) atoms. The van der Waals surface area contributed by atoms with Gasteiger partial charge in [0.2, 0.25) is 0 Å². The van der Waals surface area contributed by atoms with Gasteiger partial charge in [-0.25, -0.2) is 0 Å². The lowest BCUT2D eigenvalue weighted by molar-refractivity contribution is -0.143. The number of hydrogen-bond acceptors (Lipinski definition) is 3. The van der Waals surface area contributed by atoms with Crippen molar-refractivity contribution in [2.75, 3.05) is 6.61 Å². The first-order chi connectivity index (χ1) is 11.7. The van der Waals surface area contributed by atoms with Crippen molar-refractivity contribution in [3.05, 3.63) is 35.9 Å². The van der Waals surface area contributed by atoms with E-state index in [1.165, 1.54) is 0 Å². The molecule has 0 spiro atoms. The van der Waals surface area contributed by atoms with E-state index < -0.39 is 6.10 Å². The summed E-state index contributed by atoms with van der Waals surface area (Å²) in [5.41, 5.74) is 0.990. The zero-order valence-electron chi connectivity index (χ0n) is 16.0. The van der Waals surface area contributed by atoms with Crippen molar-refractivity contribution in [2.24, 2.45) is 0 Å². The topological polar surface area (TPSA) is 46.5 Å². The quantitative estimate of drug-likeness (QED) is 0.566. The maximum atomic E-state index is 11.1. The number of ether oxygens (including phenoxy) is 1. The van der Waals surface area contributed by atoms with Gasteiger partial charge >= 0.3 is 5.97 Å². The molecule has 1 unspecified atom stereocenters. The van der Waals surface area contributed by atoms with E-state index in [2.05, 4.69) is 11.8 Å². The van der Waals surface area contributed by atoms with Crippen LogP contribution in [-0.2, 0) is 9.53 Å². The van der Waals surface area contributed by atoms with Crippen LogP contribution in [-0.4, -0.2) is 23.8 Å². The van der Waals surface area contributed by atoms with Gasteiger partial charge in [0, 0.05) is 18.4 Å². The third-order valence-electron chi connectivity index (χ3n) is 2.83. The van der Waals surface area contributed by atoms with Crippen LogP contribution in [0.1, 0.15) is 72.3 Å². The van der Waals surface area contributed by atoms with Gasteiger partial charge in [0.15, 0.2) is 0 Å². The number of rotatable bonds is 7. The number of aliphatic hydroxyl groups is 1. The van der Waals surface area contributed by atoms with Crippen molar-refractivity contribution in [1.82, 2.24) is 0 Å². The summed E-state index contributed by atoms with van der Waals surface area (Å²) in [5, 5.41) is 9.77. The molecule has 1 N–H and O–H groups in total. The number of hydrogen-bond donors (Lipinski definition) is 1. The summed E-state index contributed by atoms with van der Waals surface area (Å²) in [6.45, 7) is 10.2. The first kappa shape index (κ1) is 24.5. The van der Waals surface area contributed by atoms with E-state index in [1.54, 1.807) is 6.92 Å². The number of carbonyl (C=O) groups excluding carboxylic acids is 1. The first-order valence-corrected chi connectivity index (χ1v) is 9.10. The molecule has 1 atom stereocenters. The maximum absolute atomic E-state index is 11.1. The normalized spacial score (nSPS) is 9.92. The molecule has 0 fully saturated rings. The molecule has 1 rings (SSSR count). The molecule has 136 valence electrons. The lowest BCUT2D eigenvalue weighted by atomic mass is 10.1. The summed E-state index contributed by atoms with van der Waals surface area (Å²) in [6.07, 6.45) is 2.56. The van der Waals surface area contributed by atoms with Gasteiger partial charge in [0.1, 0.15) is 0 Å². The highest BCUT2D eigenvalue weighted by atomic mass is 16.5. The van der Waals surface area contributed by atoms with Crippen molar-refractivity contribution in [1.29, 1.82) is 0 Å². The minimum absolute atomic E-state index is 0.191. The predicted octanol–water partition coefficient (Wildman–Crippen LogP) is 4.97. The lowest BCUT2D eigenvalue weighted by Crippen LogP contribution is -2.09. The Hall–Kier alpha value is -1.79. The third-order valence-corrected chi connectivity index (χ3v) is 2.83. The zero-order chi connectivity index (χ0) is 18.6. The Labute approximate surface area is 148 Å². The van der Waals surface area contributed by atoms with Crippen LogP contribution in [0.15, 0.2) is 30.3 Å². The van der Waals surface area contributed by atoms with Crippen LogP contribution in [0.25, 0.3) is 0 Å². The summed E-state index contributed by atoms with van der Waals surface area (Å²) < 4.78 is 4.83. The van der Waals surface area contributed by atoms with Crippen LogP contribution in [0.4, 0.5) is 0 Å². The molecule has 3 heteroatoms. The van der Waals surface area contributed by atoms with E-state index in [9.17, 15) is 9.90 Å². The molecular weight excluding hydrogens is 300 g/mol. The van der Waals surface area contributed by atoms with E-state index in [0.717, 1.165) is 5.56 Å². The molecule has 0 aliphatic heterocycles. The molecule has 0 saturated heterocycles. The zero-order valence-corrected chi connectivity index (χ0v) is 16.0. The number of esters is 1. The van der Waals surface area contributed by atoms with Crippen LogP contribution in [0.3, 0.4) is 0 Å². The molecule has 0 amide bonds. The van der Waals surface area contributed by atoms with Gasteiger partial charge in [-0.15, -0.1) is 0 Å². The lowest BCUT2D eigenvalue weighted by Gasteiger charge is -2.07. The number of benzene rings is 1. The Kier molecular flexibility index (Phi) is 19.6. The van der Waals surface area contributed by atoms with E-state index in [-0.39, 0.29) is 5.97 Å². The highest BCUT2D eigenvalue weighted by Gasteiger charge is 2.06. The van der Waals surface area contributed by atoms with E-state index in [1.807, 2.05) is 58.0 Å². The van der Waals surface area contributed by atoms with Crippen LogP contribution in [0.2, 0.25) is 0 Å². The fourth-order valence-corrected chi connectivity index (χ4v) is 1.78. The van der Waals surface area contributed by atoms with Crippen LogP contribution in [0, 0.1) is 11.8 Å². The van der Waals surface area contributed by atoms with Crippen molar-refractivity contribution in [2.45, 2.75) is 72.8 Å². The van der Waals surface area contributed by atoms with E-state index >= 15 is 0 Å². The molecular formula is C21H34O3. The van der Waals surface area contributed by atoms with Gasteiger partial charge in [-0.3, -0.25) is 4.79 Å². The molecule has 0 aliphatic carbocycles. The van der Waals surface area contributed by atoms with Crippen LogP contribution >= 0.6 is 0 Å². The van der Waals surface area contributed by atoms with Crippen molar-refractivity contribution < 1.29 is 14.6 Å². The smallest absolute Gasteiger partial charge is 0.305 e. The molecule has 0 aromatic heterocycles. The Morgan fingerprint density at radius 2 is 1.75 bits per heavy atom. The molecule has 0 bridgehead atoms. The third kappa shape index (κ3) is 15.1. The number of carbonyl (C=O) groups is 1. The highest BCUT2D eigenvalue weighted by Crippen LogP contribution is 2.07. The van der Waals surface area contributed by atoms with Crippen molar-refractivity contribution in [3.8, 4) is 11.8 Å². The molecule has 0 radical (unpaired) electrons. The van der Waals surface area contributed by atoms with E-state index in [4.69, 9.17) is 4.74 Å². The first-order valence-electron chi connectivity index (χ1n) is 9.10. The minimum atomic E-state index is -0.394. The average Bonchev–Trinajstić information content (AvgIpc) is 2.63. The summed E-state index contributed by atoms with van der Waals surface area (Å²) in [5.74, 6) is 5.92. The minimum Gasteiger partial charge on any atom is -0.466 e. The Morgan fingerprint density at radius 1 is 1.12 bits per heavy atom. The monoisotopic (exact) mass is 334 g/mol.